The predicted molar refractivity (Wildman–Crippen MR) is 71.3 cm³/mol. The lowest BCUT2D eigenvalue weighted by molar-refractivity contribution is 0.263. The molecule has 3 heteroatoms. The zero-order chi connectivity index (χ0) is 12.8. The minimum atomic E-state index is 0.0303. The van der Waals surface area contributed by atoms with E-state index < -0.39 is 0 Å². The molecule has 0 spiro atoms. The van der Waals surface area contributed by atoms with Crippen LogP contribution in [-0.4, -0.2) is 17.8 Å². The van der Waals surface area contributed by atoms with Crippen LogP contribution >= 0.6 is 0 Å². The third-order valence-electron chi connectivity index (χ3n) is 2.97. The zero-order valence-electron chi connectivity index (χ0n) is 10.5. The Labute approximate surface area is 107 Å². The maximum atomic E-state index is 8.99. The fourth-order valence-corrected chi connectivity index (χ4v) is 2.01. The standard InChI is InChI=1S/C15H19NO2/c1-12(9-10-17)16-15(14-8-5-11-18-14)13-6-3-2-4-7-13/h2-8,11-12,15-17H,9-10H2,1H3. The topological polar surface area (TPSA) is 45.4 Å². The van der Waals surface area contributed by atoms with Crippen LogP contribution in [0.15, 0.2) is 53.1 Å². The van der Waals surface area contributed by atoms with Crippen molar-refractivity contribution in [3.63, 3.8) is 0 Å². The Morgan fingerprint density at radius 1 is 1.17 bits per heavy atom. The minimum Gasteiger partial charge on any atom is -0.467 e. The molecule has 1 aromatic heterocycles. The van der Waals surface area contributed by atoms with Gasteiger partial charge < -0.3 is 14.8 Å². The Kier molecular flexibility index (Phi) is 4.56. The summed E-state index contributed by atoms with van der Waals surface area (Å²) in [6.07, 6.45) is 2.41. The lowest BCUT2D eigenvalue weighted by atomic mass is 10.0. The van der Waals surface area contributed by atoms with Crippen molar-refractivity contribution < 1.29 is 9.52 Å². The van der Waals surface area contributed by atoms with Crippen molar-refractivity contribution in [1.29, 1.82) is 0 Å². The number of furan rings is 1. The fraction of sp³-hybridized carbons (Fsp3) is 0.333. The molecular weight excluding hydrogens is 226 g/mol. The first-order chi connectivity index (χ1) is 8.81. The minimum absolute atomic E-state index is 0.0303. The van der Waals surface area contributed by atoms with Crippen LogP contribution in [-0.2, 0) is 0 Å². The molecular formula is C15H19NO2. The van der Waals surface area contributed by atoms with E-state index in [1.54, 1.807) is 6.26 Å². The number of rotatable bonds is 6. The first kappa shape index (κ1) is 12.9. The maximum Gasteiger partial charge on any atom is 0.125 e. The van der Waals surface area contributed by atoms with Gasteiger partial charge in [-0.2, -0.15) is 0 Å². The van der Waals surface area contributed by atoms with Gasteiger partial charge in [-0.15, -0.1) is 0 Å². The highest BCUT2D eigenvalue weighted by Gasteiger charge is 2.18. The van der Waals surface area contributed by atoms with Crippen LogP contribution < -0.4 is 5.32 Å². The molecule has 0 aliphatic carbocycles. The molecule has 0 radical (unpaired) electrons. The first-order valence-corrected chi connectivity index (χ1v) is 6.26. The molecule has 0 aliphatic rings. The molecule has 0 saturated heterocycles. The summed E-state index contributed by atoms with van der Waals surface area (Å²) >= 11 is 0. The summed E-state index contributed by atoms with van der Waals surface area (Å²) in [6, 6.07) is 14.3. The Bertz CT molecular complexity index is 439. The molecule has 2 rings (SSSR count). The van der Waals surface area contributed by atoms with E-state index in [1.165, 1.54) is 0 Å². The molecule has 0 aliphatic heterocycles. The van der Waals surface area contributed by atoms with E-state index in [2.05, 4.69) is 24.4 Å². The van der Waals surface area contributed by atoms with E-state index in [4.69, 9.17) is 9.52 Å². The molecule has 2 aromatic rings. The number of aliphatic hydroxyl groups is 1. The van der Waals surface area contributed by atoms with Crippen LogP contribution in [0.4, 0.5) is 0 Å². The number of hydrogen-bond donors (Lipinski definition) is 2. The molecule has 0 saturated carbocycles. The lowest BCUT2D eigenvalue weighted by Crippen LogP contribution is -2.31. The number of hydrogen-bond acceptors (Lipinski definition) is 3. The SMILES string of the molecule is CC(CCO)NC(c1ccccc1)c1ccco1. The van der Waals surface area contributed by atoms with Gasteiger partial charge in [-0.25, -0.2) is 0 Å². The number of benzene rings is 1. The molecule has 18 heavy (non-hydrogen) atoms. The van der Waals surface area contributed by atoms with Gasteiger partial charge in [0.1, 0.15) is 5.76 Å². The van der Waals surface area contributed by atoms with Gasteiger partial charge in [0.2, 0.25) is 0 Å². The lowest BCUT2D eigenvalue weighted by Gasteiger charge is -2.21. The van der Waals surface area contributed by atoms with Gasteiger partial charge >= 0.3 is 0 Å². The van der Waals surface area contributed by atoms with E-state index in [-0.39, 0.29) is 18.7 Å². The summed E-state index contributed by atoms with van der Waals surface area (Å²) in [5, 5.41) is 12.5. The van der Waals surface area contributed by atoms with E-state index >= 15 is 0 Å². The number of nitrogens with one attached hydrogen (secondary N) is 1. The van der Waals surface area contributed by atoms with E-state index in [0.29, 0.717) is 0 Å². The molecule has 0 fully saturated rings. The summed E-state index contributed by atoms with van der Waals surface area (Å²) in [5.41, 5.74) is 1.16. The summed E-state index contributed by atoms with van der Waals surface area (Å²) in [4.78, 5) is 0. The van der Waals surface area contributed by atoms with Crippen LogP contribution in [0.2, 0.25) is 0 Å². The molecule has 2 N–H and O–H groups in total. The average molecular weight is 245 g/mol. The van der Waals surface area contributed by atoms with Crippen molar-refractivity contribution in [2.45, 2.75) is 25.4 Å². The van der Waals surface area contributed by atoms with Crippen LogP contribution in [0.3, 0.4) is 0 Å². The Morgan fingerprint density at radius 2 is 1.94 bits per heavy atom. The molecule has 2 atom stereocenters. The van der Waals surface area contributed by atoms with Crippen LogP contribution in [0.25, 0.3) is 0 Å². The first-order valence-electron chi connectivity index (χ1n) is 6.26. The molecule has 0 bridgehead atoms. The van der Waals surface area contributed by atoms with E-state index in [9.17, 15) is 0 Å². The van der Waals surface area contributed by atoms with Gasteiger partial charge in [-0.1, -0.05) is 30.3 Å². The van der Waals surface area contributed by atoms with Crippen LogP contribution in [0.1, 0.15) is 30.7 Å². The highest BCUT2D eigenvalue weighted by molar-refractivity contribution is 5.26. The normalized spacial score (nSPS) is 14.3. The second kappa shape index (κ2) is 6.38. The van der Waals surface area contributed by atoms with Crippen molar-refractivity contribution >= 4 is 0 Å². The number of aliphatic hydroxyl groups excluding tert-OH is 1. The molecule has 3 nitrogen and oxygen atoms in total. The second-order valence-electron chi connectivity index (χ2n) is 4.44. The second-order valence-corrected chi connectivity index (χ2v) is 4.44. The molecule has 96 valence electrons. The Hall–Kier alpha value is -1.58. The van der Waals surface area contributed by atoms with Crippen molar-refractivity contribution in [3.05, 3.63) is 60.1 Å². The zero-order valence-corrected chi connectivity index (χ0v) is 10.5. The Morgan fingerprint density at radius 3 is 2.56 bits per heavy atom. The van der Waals surface area contributed by atoms with Crippen LogP contribution in [0.5, 0.6) is 0 Å². The fourth-order valence-electron chi connectivity index (χ4n) is 2.01. The van der Waals surface area contributed by atoms with E-state index in [1.807, 2.05) is 30.3 Å². The van der Waals surface area contributed by atoms with Crippen molar-refractivity contribution in [1.82, 2.24) is 5.32 Å². The van der Waals surface area contributed by atoms with Crippen molar-refractivity contribution in [2.24, 2.45) is 0 Å². The monoisotopic (exact) mass is 245 g/mol. The van der Waals surface area contributed by atoms with Gasteiger partial charge in [-0.05, 0) is 31.0 Å². The summed E-state index contributed by atoms with van der Waals surface area (Å²) < 4.78 is 5.50. The largest absolute Gasteiger partial charge is 0.467 e. The summed E-state index contributed by atoms with van der Waals surface area (Å²) in [7, 11) is 0. The molecule has 2 unspecified atom stereocenters. The highest BCUT2D eigenvalue weighted by Crippen LogP contribution is 2.23. The third kappa shape index (κ3) is 3.22. The van der Waals surface area contributed by atoms with Gasteiger partial charge in [0.25, 0.3) is 0 Å². The maximum absolute atomic E-state index is 8.99. The van der Waals surface area contributed by atoms with Gasteiger partial charge in [-0.3, -0.25) is 0 Å². The van der Waals surface area contributed by atoms with Crippen LogP contribution in [0, 0.1) is 0 Å². The van der Waals surface area contributed by atoms with Gasteiger partial charge in [0.15, 0.2) is 0 Å². The third-order valence-corrected chi connectivity index (χ3v) is 2.97. The average Bonchev–Trinajstić information content (AvgIpc) is 2.91. The highest BCUT2D eigenvalue weighted by atomic mass is 16.3. The quantitative estimate of drug-likeness (QED) is 0.822. The predicted octanol–water partition coefficient (Wildman–Crippen LogP) is 2.73. The molecule has 0 amide bonds. The smallest absolute Gasteiger partial charge is 0.125 e. The van der Waals surface area contributed by atoms with Gasteiger partial charge in [0.05, 0.1) is 12.3 Å². The molecule has 1 aromatic carbocycles. The molecule has 1 heterocycles. The van der Waals surface area contributed by atoms with E-state index in [0.717, 1.165) is 17.7 Å². The summed E-state index contributed by atoms with van der Waals surface area (Å²) in [5.74, 6) is 0.894. The van der Waals surface area contributed by atoms with Crippen molar-refractivity contribution in [2.75, 3.05) is 6.61 Å². The van der Waals surface area contributed by atoms with Gasteiger partial charge in [0, 0.05) is 12.6 Å². The Balaban J connectivity index is 2.19. The van der Waals surface area contributed by atoms with Crippen molar-refractivity contribution in [3.8, 4) is 0 Å². The summed E-state index contributed by atoms with van der Waals surface area (Å²) in [6.45, 7) is 2.25.